The van der Waals surface area contributed by atoms with E-state index in [4.69, 9.17) is 10.5 Å². The molecule has 11 heteroatoms. The maximum Gasteiger partial charge on any atom is 0.416 e. The Hall–Kier alpha value is -4.38. The molecule has 2 heterocycles. The zero-order valence-electron chi connectivity index (χ0n) is 24.6. The van der Waals surface area contributed by atoms with Crippen molar-refractivity contribution < 1.29 is 32.3 Å². The van der Waals surface area contributed by atoms with E-state index in [-0.39, 0.29) is 43.6 Å². The lowest BCUT2D eigenvalue weighted by Gasteiger charge is -2.53. The molecule has 2 aliphatic heterocycles. The third-order valence-electron chi connectivity index (χ3n) is 8.12. The molecule has 0 unspecified atom stereocenters. The minimum atomic E-state index is -4.55. The van der Waals surface area contributed by atoms with Crippen LogP contribution in [0.2, 0.25) is 0 Å². The molecule has 3 amide bonds. The normalized spacial score (nSPS) is 20.5. The molecule has 0 spiro atoms. The van der Waals surface area contributed by atoms with Crippen LogP contribution in [0.4, 0.5) is 18.0 Å². The molecule has 0 aliphatic carbocycles. The van der Waals surface area contributed by atoms with Gasteiger partial charge in [0.25, 0.3) is 0 Å². The van der Waals surface area contributed by atoms with Gasteiger partial charge in [-0.25, -0.2) is 4.79 Å². The minimum absolute atomic E-state index is 0.0129. The predicted molar refractivity (Wildman–Crippen MR) is 157 cm³/mol. The molecule has 5 rings (SSSR count). The lowest BCUT2D eigenvalue weighted by molar-refractivity contribution is -0.172. The highest BCUT2D eigenvalue weighted by Crippen LogP contribution is 2.33. The number of alkyl halides is 3. The molecule has 0 bridgehead atoms. The molecule has 2 fully saturated rings. The Labute approximate surface area is 254 Å². The lowest BCUT2D eigenvalue weighted by atomic mass is 9.91. The van der Waals surface area contributed by atoms with Crippen molar-refractivity contribution in [1.82, 2.24) is 14.7 Å². The Morgan fingerprint density at radius 1 is 0.886 bits per heavy atom. The zero-order chi connectivity index (χ0) is 31.6. The van der Waals surface area contributed by atoms with Crippen LogP contribution in [0, 0.1) is 19.8 Å². The van der Waals surface area contributed by atoms with Gasteiger partial charge in [0, 0.05) is 19.6 Å². The molecule has 0 saturated carbocycles. The minimum Gasteiger partial charge on any atom is -0.444 e. The molecule has 2 aliphatic rings. The highest BCUT2D eigenvalue weighted by atomic mass is 19.4. The summed E-state index contributed by atoms with van der Waals surface area (Å²) in [5.74, 6) is -1.28. The first-order valence-corrected chi connectivity index (χ1v) is 14.5. The van der Waals surface area contributed by atoms with Crippen LogP contribution >= 0.6 is 0 Å². The van der Waals surface area contributed by atoms with Gasteiger partial charge in [-0.2, -0.15) is 13.2 Å². The van der Waals surface area contributed by atoms with Gasteiger partial charge in [-0.1, -0.05) is 71.8 Å². The van der Waals surface area contributed by atoms with Gasteiger partial charge < -0.3 is 20.3 Å². The van der Waals surface area contributed by atoms with Crippen molar-refractivity contribution in [3.63, 3.8) is 0 Å². The smallest absolute Gasteiger partial charge is 0.416 e. The van der Waals surface area contributed by atoms with Gasteiger partial charge in [-0.05, 0) is 49.1 Å². The highest BCUT2D eigenvalue weighted by molar-refractivity contribution is 5.92. The molecular weight excluding hydrogens is 573 g/mol. The number of fused-ring (bicyclic) bond motifs is 1. The first-order chi connectivity index (χ1) is 20.9. The van der Waals surface area contributed by atoms with Gasteiger partial charge in [0.15, 0.2) is 0 Å². The summed E-state index contributed by atoms with van der Waals surface area (Å²) in [4.78, 5) is 45.7. The number of halogens is 3. The third kappa shape index (κ3) is 6.72. The summed E-state index contributed by atoms with van der Waals surface area (Å²) in [7, 11) is 0. The number of hydrogen-bond donors (Lipinski definition) is 1. The van der Waals surface area contributed by atoms with Crippen LogP contribution in [0.5, 0.6) is 0 Å². The van der Waals surface area contributed by atoms with E-state index in [0.29, 0.717) is 12.0 Å². The largest absolute Gasteiger partial charge is 0.444 e. The summed E-state index contributed by atoms with van der Waals surface area (Å²) in [6, 6.07) is 19.6. The molecule has 0 radical (unpaired) electrons. The maximum absolute atomic E-state index is 13.9. The summed E-state index contributed by atoms with van der Waals surface area (Å²) >= 11 is 0. The van der Waals surface area contributed by atoms with Crippen LogP contribution in [-0.2, 0) is 40.1 Å². The molecule has 2 N–H and O–H groups in total. The van der Waals surface area contributed by atoms with Crippen molar-refractivity contribution in [1.29, 1.82) is 0 Å². The van der Waals surface area contributed by atoms with Gasteiger partial charge in [-0.15, -0.1) is 0 Å². The number of amides is 3. The summed E-state index contributed by atoms with van der Waals surface area (Å²) in [5.41, 5.74) is 8.65. The summed E-state index contributed by atoms with van der Waals surface area (Å²) in [6.07, 6.45) is -5.88. The van der Waals surface area contributed by atoms with Crippen molar-refractivity contribution in [2.24, 2.45) is 11.7 Å². The van der Waals surface area contributed by atoms with Crippen molar-refractivity contribution in [2.75, 3.05) is 19.6 Å². The fourth-order valence-corrected chi connectivity index (χ4v) is 5.96. The molecule has 232 valence electrons. The Balaban J connectivity index is 1.44. The van der Waals surface area contributed by atoms with Crippen LogP contribution in [0.3, 0.4) is 0 Å². The summed E-state index contributed by atoms with van der Waals surface area (Å²) < 4.78 is 45.8. The van der Waals surface area contributed by atoms with Crippen molar-refractivity contribution >= 4 is 17.9 Å². The first kappa shape index (κ1) is 31.1. The van der Waals surface area contributed by atoms with E-state index in [0.717, 1.165) is 28.8 Å². The lowest BCUT2D eigenvalue weighted by Crippen LogP contribution is -2.74. The van der Waals surface area contributed by atoms with E-state index in [2.05, 4.69) is 0 Å². The molecule has 3 aromatic carbocycles. The summed E-state index contributed by atoms with van der Waals surface area (Å²) in [5, 5.41) is 0. The van der Waals surface area contributed by atoms with Crippen molar-refractivity contribution in [3.8, 4) is 0 Å². The summed E-state index contributed by atoms with van der Waals surface area (Å²) in [6.45, 7) is 3.26. The van der Waals surface area contributed by atoms with E-state index in [1.165, 1.54) is 22.8 Å². The molecule has 2 saturated heterocycles. The van der Waals surface area contributed by atoms with E-state index in [1.807, 2.05) is 61.5 Å². The number of nitrogens with two attached hydrogens (primary N) is 1. The number of rotatable bonds is 7. The van der Waals surface area contributed by atoms with Gasteiger partial charge in [0.1, 0.15) is 18.8 Å². The van der Waals surface area contributed by atoms with Crippen molar-refractivity contribution in [2.45, 2.75) is 51.8 Å². The van der Waals surface area contributed by atoms with Crippen LogP contribution < -0.4 is 5.73 Å². The second kappa shape index (κ2) is 12.7. The molecule has 3 atom stereocenters. The van der Waals surface area contributed by atoms with Gasteiger partial charge >= 0.3 is 12.3 Å². The fraction of sp³-hybridized carbons (Fsp3) is 0.364. The average Bonchev–Trinajstić information content (AvgIpc) is 2.99. The Kier molecular flexibility index (Phi) is 8.96. The van der Waals surface area contributed by atoms with Gasteiger partial charge in [-0.3, -0.25) is 14.5 Å². The average molecular weight is 609 g/mol. The highest BCUT2D eigenvalue weighted by Gasteiger charge is 2.51. The Morgan fingerprint density at radius 3 is 2.25 bits per heavy atom. The van der Waals surface area contributed by atoms with Crippen LogP contribution in [0.15, 0.2) is 72.8 Å². The van der Waals surface area contributed by atoms with Gasteiger partial charge in [0.2, 0.25) is 11.8 Å². The number of carbonyl (C=O) groups excluding carboxylic acids is 3. The first-order valence-electron chi connectivity index (χ1n) is 14.5. The number of ether oxygens (including phenoxy) is 1. The molecule has 3 aromatic rings. The Bertz CT molecular complexity index is 1510. The SMILES string of the molecule is Cc1ccc(C[C@H]2CN(C(=O)OCc3cc(C)cc(C(F)(F)F)c3)[C@H]3CN(Cc4ccccc4)C(=O)[C@H](CN)N3C2=O)cc1. The van der Waals surface area contributed by atoms with Crippen LogP contribution in [0.1, 0.15) is 33.4 Å². The number of aryl methyl sites for hydroxylation is 2. The molecule has 44 heavy (non-hydrogen) atoms. The number of nitrogens with zero attached hydrogens (tertiary/aromatic N) is 3. The van der Waals surface area contributed by atoms with Crippen LogP contribution in [0.25, 0.3) is 0 Å². The monoisotopic (exact) mass is 608 g/mol. The number of benzene rings is 3. The number of piperazine rings is 1. The second-order valence-electron chi connectivity index (χ2n) is 11.5. The van der Waals surface area contributed by atoms with E-state index >= 15 is 0 Å². The topological polar surface area (TPSA) is 96.2 Å². The number of hydrogen-bond acceptors (Lipinski definition) is 5. The van der Waals surface area contributed by atoms with E-state index < -0.39 is 42.6 Å². The molecule has 0 aromatic heterocycles. The molecular formula is C33H35F3N4O4. The fourth-order valence-electron chi connectivity index (χ4n) is 5.96. The maximum atomic E-state index is 13.9. The third-order valence-corrected chi connectivity index (χ3v) is 8.12. The van der Waals surface area contributed by atoms with Crippen LogP contribution in [-0.4, -0.2) is 64.4 Å². The predicted octanol–water partition coefficient (Wildman–Crippen LogP) is 4.66. The second-order valence-corrected chi connectivity index (χ2v) is 11.5. The standard InChI is InChI=1S/C33H35F3N4O4/c1-21-8-10-23(11-9-21)14-26-18-39(32(43)44-20-25-12-22(2)13-27(15-25)33(34,35)36)29-19-38(17-24-6-4-3-5-7-24)31(42)28(16-37)40(29)30(26)41/h3-13,15,26,28-29H,14,16-20,37H2,1-2H3/t26-,28-,29+/m0/s1. The number of carbonyl (C=O) groups is 3. The van der Waals surface area contributed by atoms with E-state index in [1.54, 1.807) is 4.90 Å². The Morgan fingerprint density at radius 2 is 1.59 bits per heavy atom. The quantitative estimate of drug-likeness (QED) is 0.421. The zero-order valence-corrected chi connectivity index (χ0v) is 24.6. The molecule has 8 nitrogen and oxygen atoms in total. The van der Waals surface area contributed by atoms with E-state index in [9.17, 15) is 27.6 Å². The van der Waals surface area contributed by atoms with Crippen molar-refractivity contribution in [3.05, 3.63) is 106 Å². The van der Waals surface area contributed by atoms with Gasteiger partial charge in [0.05, 0.1) is 18.0 Å².